The fraction of sp³-hybridized carbons (Fsp3) is 0.394. The first-order chi connectivity index (χ1) is 20.1. The highest BCUT2D eigenvalue weighted by Crippen LogP contribution is 2.58. The number of aliphatic hydroxyl groups excluding tert-OH is 1. The van der Waals surface area contributed by atoms with Crippen LogP contribution < -0.4 is 15.2 Å². The van der Waals surface area contributed by atoms with E-state index < -0.39 is 19.8 Å². The standard InChI is InChI=1S/C33H37IN2O5Si/c1-20-31(42(3,4)26-12-10-25(40-2)11-13-26)29(41-33(20)27-16-23(34)9-14-28(27)35-32(33)39)17-30(38)36-18-22-8-6-5-7-21(22)15-24(36)19-37/h5-14,16,20,24,29,31,37H,15,17-19H2,1-4H3,(H,35,39)/t20-,24+,29+,31-,33+/m1/s1. The van der Waals surface area contributed by atoms with Crippen LogP contribution in [0.2, 0.25) is 18.6 Å². The normalized spacial score (nSPS) is 26.6. The van der Waals surface area contributed by atoms with Gasteiger partial charge in [0.25, 0.3) is 5.91 Å². The van der Waals surface area contributed by atoms with Crippen molar-refractivity contribution < 1.29 is 24.2 Å². The molecule has 2 amide bonds. The molecule has 6 rings (SSSR count). The van der Waals surface area contributed by atoms with E-state index in [1.54, 1.807) is 7.11 Å². The molecule has 0 bridgehead atoms. The Morgan fingerprint density at radius 1 is 1.14 bits per heavy atom. The van der Waals surface area contributed by atoms with Crippen LogP contribution in [0.5, 0.6) is 5.75 Å². The number of hydrogen-bond donors (Lipinski definition) is 2. The Balaban J connectivity index is 1.39. The van der Waals surface area contributed by atoms with Crippen molar-refractivity contribution >= 4 is 53.4 Å². The summed E-state index contributed by atoms with van der Waals surface area (Å²) in [6.07, 6.45) is 0.296. The van der Waals surface area contributed by atoms with Crippen molar-refractivity contribution in [1.29, 1.82) is 0 Å². The highest BCUT2D eigenvalue weighted by Gasteiger charge is 2.65. The number of aliphatic hydroxyl groups is 1. The van der Waals surface area contributed by atoms with Gasteiger partial charge in [0.15, 0.2) is 5.60 Å². The summed E-state index contributed by atoms with van der Waals surface area (Å²) in [5.41, 5.74) is 2.70. The maximum Gasteiger partial charge on any atom is 0.261 e. The average Bonchev–Trinajstić information content (AvgIpc) is 3.44. The molecule has 1 spiro atoms. The quantitative estimate of drug-likeness (QED) is 0.286. The molecule has 0 unspecified atom stereocenters. The van der Waals surface area contributed by atoms with Gasteiger partial charge in [-0.1, -0.05) is 61.6 Å². The third-order valence-electron chi connectivity index (χ3n) is 9.81. The number of hydrogen-bond acceptors (Lipinski definition) is 5. The second-order valence-electron chi connectivity index (χ2n) is 12.3. The average molecular weight is 697 g/mol. The maximum atomic E-state index is 14.1. The van der Waals surface area contributed by atoms with Crippen LogP contribution >= 0.6 is 22.6 Å². The van der Waals surface area contributed by atoms with E-state index in [9.17, 15) is 14.7 Å². The monoisotopic (exact) mass is 696 g/mol. The molecule has 0 aromatic heterocycles. The Kier molecular flexibility index (Phi) is 7.74. The number of nitrogens with one attached hydrogen (secondary N) is 1. The Hall–Kier alpha value is -2.73. The highest BCUT2D eigenvalue weighted by atomic mass is 127. The van der Waals surface area contributed by atoms with E-state index in [-0.39, 0.29) is 42.3 Å². The second kappa shape index (κ2) is 11.1. The lowest BCUT2D eigenvalue weighted by atomic mass is 9.82. The molecule has 5 atom stereocenters. The fourth-order valence-corrected chi connectivity index (χ4v) is 12.1. The minimum absolute atomic E-state index is 0.0333. The summed E-state index contributed by atoms with van der Waals surface area (Å²) in [5.74, 6) is 0.408. The first-order valence-corrected chi connectivity index (χ1v) is 18.7. The van der Waals surface area contributed by atoms with E-state index in [0.29, 0.717) is 13.0 Å². The minimum atomic E-state index is -2.35. The number of benzene rings is 3. The number of amides is 2. The summed E-state index contributed by atoms with van der Waals surface area (Å²) in [6.45, 7) is 7.10. The van der Waals surface area contributed by atoms with Crippen LogP contribution in [0, 0.1) is 9.49 Å². The van der Waals surface area contributed by atoms with Gasteiger partial charge in [-0.2, -0.15) is 0 Å². The molecular weight excluding hydrogens is 659 g/mol. The highest BCUT2D eigenvalue weighted by molar-refractivity contribution is 14.1. The molecule has 3 heterocycles. The van der Waals surface area contributed by atoms with Crippen LogP contribution in [0.15, 0.2) is 66.7 Å². The summed E-state index contributed by atoms with van der Waals surface area (Å²) < 4.78 is 13.4. The van der Waals surface area contributed by atoms with Gasteiger partial charge in [0.1, 0.15) is 5.75 Å². The molecule has 3 aromatic carbocycles. The fourth-order valence-electron chi connectivity index (χ4n) is 7.64. The van der Waals surface area contributed by atoms with Gasteiger partial charge < -0.3 is 24.8 Å². The first-order valence-electron chi connectivity index (χ1n) is 14.5. The van der Waals surface area contributed by atoms with Crippen LogP contribution in [0.4, 0.5) is 5.69 Å². The lowest BCUT2D eigenvalue weighted by Gasteiger charge is -2.39. The number of rotatable bonds is 6. The van der Waals surface area contributed by atoms with E-state index in [4.69, 9.17) is 9.47 Å². The second-order valence-corrected chi connectivity index (χ2v) is 18.3. The van der Waals surface area contributed by atoms with Crippen molar-refractivity contribution in [3.63, 3.8) is 0 Å². The third kappa shape index (κ3) is 4.69. The summed E-state index contributed by atoms with van der Waals surface area (Å²) in [7, 11) is -0.689. The van der Waals surface area contributed by atoms with Gasteiger partial charge in [-0.15, -0.1) is 0 Å². The van der Waals surface area contributed by atoms with Gasteiger partial charge >= 0.3 is 0 Å². The number of carbonyl (C=O) groups excluding carboxylic acids is 2. The largest absolute Gasteiger partial charge is 0.497 e. The van der Waals surface area contributed by atoms with Gasteiger partial charge in [0.05, 0.1) is 40.4 Å². The van der Waals surface area contributed by atoms with Gasteiger partial charge in [0.2, 0.25) is 5.91 Å². The Morgan fingerprint density at radius 3 is 2.55 bits per heavy atom. The van der Waals surface area contributed by atoms with Crippen molar-refractivity contribution in [2.75, 3.05) is 19.0 Å². The summed E-state index contributed by atoms with van der Waals surface area (Å²) in [4.78, 5) is 29.8. The van der Waals surface area contributed by atoms with E-state index in [0.717, 1.165) is 26.1 Å². The van der Waals surface area contributed by atoms with Crippen molar-refractivity contribution in [1.82, 2.24) is 4.90 Å². The number of anilines is 1. The molecule has 0 aliphatic carbocycles. The van der Waals surface area contributed by atoms with Crippen LogP contribution in [-0.2, 0) is 32.9 Å². The molecule has 1 fully saturated rings. The molecule has 1 saturated heterocycles. The zero-order chi connectivity index (χ0) is 29.8. The third-order valence-corrected chi connectivity index (χ3v) is 14.8. The van der Waals surface area contributed by atoms with Crippen molar-refractivity contribution in [3.05, 3.63) is 87.0 Å². The Labute approximate surface area is 261 Å². The predicted molar refractivity (Wildman–Crippen MR) is 174 cm³/mol. The molecule has 9 heteroatoms. The smallest absolute Gasteiger partial charge is 0.261 e. The van der Waals surface area contributed by atoms with E-state index >= 15 is 0 Å². The van der Waals surface area contributed by atoms with E-state index in [1.165, 1.54) is 10.8 Å². The molecule has 7 nitrogen and oxygen atoms in total. The zero-order valence-corrected chi connectivity index (χ0v) is 27.6. The number of nitrogens with zero attached hydrogens (tertiary/aromatic N) is 1. The molecular formula is C33H37IN2O5Si. The van der Waals surface area contributed by atoms with Gasteiger partial charge in [-0.3, -0.25) is 9.59 Å². The van der Waals surface area contributed by atoms with Crippen molar-refractivity contribution in [2.24, 2.45) is 5.92 Å². The van der Waals surface area contributed by atoms with Gasteiger partial charge in [0, 0.05) is 27.3 Å². The predicted octanol–water partition coefficient (Wildman–Crippen LogP) is 4.80. The molecule has 220 valence electrons. The zero-order valence-electron chi connectivity index (χ0n) is 24.4. The van der Waals surface area contributed by atoms with Crippen LogP contribution in [0.1, 0.15) is 30.0 Å². The first kappa shape index (κ1) is 29.3. The number of halogens is 1. The number of carbonyl (C=O) groups is 2. The van der Waals surface area contributed by atoms with Crippen LogP contribution in [0.25, 0.3) is 0 Å². The minimum Gasteiger partial charge on any atom is -0.497 e. The van der Waals surface area contributed by atoms with E-state index in [1.807, 2.05) is 47.4 Å². The van der Waals surface area contributed by atoms with Crippen molar-refractivity contribution in [2.45, 2.75) is 62.7 Å². The molecule has 3 aliphatic rings. The SMILES string of the molecule is COc1ccc([Si](C)(C)[C@H]2[C@H](CC(=O)N3Cc4ccccc4C[C@H]3CO)O[C@@]3(C(=O)Nc4ccc(I)cc43)[C@@H]2C)cc1. The van der Waals surface area contributed by atoms with Crippen LogP contribution in [-0.4, -0.2) is 55.8 Å². The summed E-state index contributed by atoms with van der Waals surface area (Å²) in [5, 5.41) is 14.6. The lowest BCUT2D eigenvalue weighted by Crippen LogP contribution is -2.52. The number of fused-ring (bicyclic) bond motifs is 3. The summed E-state index contributed by atoms with van der Waals surface area (Å²) >= 11 is 2.27. The Bertz CT molecular complexity index is 1530. The van der Waals surface area contributed by atoms with Gasteiger partial charge in [-0.05, 0) is 76.0 Å². The molecule has 2 N–H and O–H groups in total. The molecule has 0 radical (unpaired) electrons. The molecule has 3 aromatic rings. The number of ether oxygens (including phenoxy) is 2. The molecule has 0 saturated carbocycles. The Morgan fingerprint density at radius 2 is 1.86 bits per heavy atom. The maximum absolute atomic E-state index is 14.1. The topological polar surface area (TPSA) is 88.1 Å². The molecule has 42 heavy (non-hydrogen) atoms. The molecule has 3 aliphatic heterocycles. The van der Waals surface area contributed by atoms with E-state index in [2.05, 4.69) is 72.2 Å². The van der Waals surface area contributed by atoms with Crippen molar-refractivity contribution in [3.8, 4) is 5.75 Å². The number of methoxy groups -OCH3 is 1. The lowest BCUT2D eigenvalue weighted by molar-refractivity contribution is -0.149. The van der Waals surface area contributed by atoms with Crippen LogP contribution in [0.3, 0.4) is 0 Å². The summed E-state index contributed by atoms with van der Waals surface area (Å²) in [6, 6.07) is 22.0. The van der Waals surface area contributed by atoms with Gasteiger partial charge in [-0.25, -0.2) is 0 Å².